The molecular weight excluding hydrogens is 100 g/mol. The molecule has 0 aromatic carbocycles. The number of guanidine groups is 1. The summed E-state index contributed by atoms with van der Waals surface area (Å²) < 4.78 is 0.722. The zero-order chi connectivity index (χ0) is 5.15. The average molecular weight is 106 g/mol. The van der Waals surface area contributed by atoms with E-state index in [-0.39, 0.29) is 5.96 Å². The fourth-order valence-corrected chi connectivity index (χ4v) is 0. The van der Waals surface area contributed by atoms with Gasteiger partial charge in [-0.25, -0.2) is 10.3 Å². The molecule has 5 N–H and O–H groups in total. The van der Waals surface area contributed by atoms with Crippen molar-refractivity contribution in [2.75, 3.05) is 0 Å². The maximum Gasteiger partial charge on any atom is 0.213 e. The highest BCUT2D eigenvalue weighted by molar-refractivity contribution is 7.78. The van der Waals surface area contributed by atoms with Crippen molar-refractivity contribution in [3.8, 4) is 0 Å². The van der Waals surface area contributed by atoms with Crippen molar-refractivity contribution < 1.29 is 0 Å². The van der Waals surface area contributed by atoms with Crippen LogP contribution in [0.1, 0.15) is 0 Å². The number of nitrogens with two attached hydrogens (primary N) is 2. The Kier molecular flexibility index (Phi) is 1.75. The lowest BCUT2D eigenvalue weighted by Crippen LogP contribution is -2.33. The van der Waals surface area contributed by atoms with Crippen molar-refractivity contribution in [1.82, 2.24) is 4.41 Å². The molecule has 5 heteroatoms. The number of nitrogens with one attached hydrogen (secondary N) is 1. The molecule has 4 nitrogen and oxygen atoms in total. The summed E-state index contributed by atoms with van der Waals surface area (Å²) in [5.41, 5.74) is 4.74. The third-order valence-electron chi connectivity index (χ3n) is 0.247. The first kappa shape index (κ1) is 5.58. The minimum atomic E-state index is -0.265. The van der Waals surface area contributed by atoms with Crippen LogP contribution in [-0.4, -0.2) is 10.4 Å². The minimum Gasteiger partial charge on any atom is -0.368 e. The zero-order valence-corrected chi connectivity index (χ0v) is 3.94. The lowest BCUT2D eigenvalue weighted by atomic mass is 11.1. The Labute approximate surface area is 41.1 Å². The summed E-state index contributed by atoms with van der Waals surface area (Å²) in [6.45, 7) is 0. The summed E-state index contributed by atoms with van der Waals surface area (Å²) in [5.74, 6) is 4.52. The van der Waals surface area contributed by atoms with Crippen molar-refractivity contribution in [2.24, 2.45) is 11.6 Å². The SMILES string of the molecule is N=C(N)N(N)S. The third kappa shape index (κ3) is 1.86. The van der Waals surface area contributed by atoms with E-state index in [1.165, 1.54) is 0 Å². The quantitative estimate of drug-likeness (QED) is 0.104. The second-order valence-corrected chi connectivity index (χ2v) is 1.16. The van der Waals surface area contributed by atoms with Crippen LogP contribution >= 0.6 is 12.8 Å². The number of hydrazine groups is 1. The molecule has 0 aliphatic carbocycles. The van der Waals surface area contributed by atoms with Gasteiger partial charge in [-0.1, -0.05) is 0 Å². The van der Waals surface area contributed by atoms with Gasteiger partial charge in [-0.2, -0.15) is 0 Å². The van der Waals surface area contributed by atoms with E-state index in [1.54, 1.807) is 0 Å². The first-order valence-corrected chi connectivity index (χ1v) is 1.62. The number of nitrogens with zero attached hydrogens (tertiary/aromatic N) is 1. The summed E-state index contributed by atoms with van der Waals surface area (Å²) in [4.78, 5) is 0. The Hall–Kier alpha value is -0.420. The Bertz CT molecular complexity index is 58.6. The normalized spacial score (nSPS) is 7.67. The van der Waals surface area contributed by atoms with Crippen molar-refractivity contribution in [2.45, 2.75) is 0 Å². The summed E-state index contributed by atoms with van der Waals surface area (Å²) in [5, 5.41) is 6.45. The molecule has 0 unspecified atom stereocenters. The van der Waals surface area contributed by atoms with Gasteiger partial charge in [0.2, 0.25) is 5.96 Å². The van der Waals surface area contributed by atoms with Crippen LogP contribution in [0, 0.1) is 5.41 Å². The summed E-state index contributed by atoms with van der Waals surface area (Å²) in [6, 6.07) is 0. The van der Waals surface area contributed by atoms with E-state index in [9.17, 15) is 0 Å². The molecule has 0 saturated heterocycles. The standard InChI is InChI=1S/CH6N4S/c2-1(3)5(4)6/h6H,4H2,(H3,2,3). The van der Waals surface area contributed by atoms with Crippen LogP contribution in [0.4, 0.5) is 0 Å². The van der Waals surface area contributed by atoms with Gasteiger partial charge in [0.15, 0.2) is 0 Å². The van der Waals surface area contributed by atoms with E-state index in [0.29, 0.717) is 0 Å². The Morgan fingerprint density at radius 1 is 1.83 bits per heavy atom. The summed E-state index contributed by atoms with van der Waals surface area (Å²) in [7, 11) is 0. The predicted molar refractivity (Wildman–Crippen MR) is 26.9 cm³/mol. The second kappa shape index (κ2) is 1.89. The minimum absolute atomic E-state index is 0.265. The molecule has 0 heterocycles. The van der Waals surface area contributed by atoms with Crippen LogP contribution in [0.5, 0.6) is 0 Å². The summed E-state index contributed by atoms with van der Waals surface area (Å²) >= 11 is 3.45. The molecule has 0 rings (SSSR count). The number of thiol groups is 1. The van der Waals surface area contributed by atoms with E-state index in [1.807, 2.05) is 0 Å². The van der Waals surface area contributed by atoms with Gasteiger partial charge in [-0.05, 0) is 12.8 Å². The molecule has 0 atom stereocenters. The molecule has 0 amide bonds. The smallest absolute Gasteiger partial charge is 0.213 e. The zero-order valence-electron chi connectivity index (χ0n) is 3.05. The van der Waals surface area contributed by atoms with Gasteiger partial charge in [0.25, 0.3) is 0 Å². The van der Waals surface area contributed by atoms with Gasteiger partial charge in [-0.15, -0.1) is 0 Å². The Morgan fingerprint density at radius 3 is 2.00 bits per heavy atom. The molecule has 0 saturated carbocycles. The maximum atomic E-state index is 6.45. The van der Waals surface area contributed by atoms with Crippen LogP contribution in [0.25, 0.3) is 0 Å². The van der Waals surface area contributed by atoms with Gasteiger partial charge in [-0.3, -0.25) is 5.41 Å². The van der Waals surface area contributed by atoms with Gasteiger partial charge in [0.05, 0.1) is 0 Å². The average Bonchev–Trinajstić information content (AvgIpc) is 1.36. The lowest BCUT2D eigenvalue weighted by Gasteiger charge is -2.03. The van der Waals surface area contributed by atoms with Crippen molar-refractivity contribution >= 4 is 18.8 Å². The topological polar surface area (TPSA) is 79.1 Å². The first-order chi connectivity index (χ1) is 2.64. The van der Waals surface area contributed by atoms with Gasteiger partial charge < -0.3 is 5.73 Å². The van der Waals surface area contributed by atoms with Crippen molar-refractivity contribution in [1.29, 1.82) is 5.41 Å². The van der Waals surface area contributed by atoms with E-state index in [0.717, 1.165) is 4.41 Å². The molecule has 0 aliphatic rings. The fraction of sp³-hybridized carbons (Fsp3) is 0. The Balaban J connectivity index is 3.26. The van der Waals surface area contributed by atoms with E-state index >= 15 is 0 Å². The predicted octanol–water partition coefficient (Wildman–Crippen LogP) is -1.10. The van der Waals surface area contributed by atoms with Gasteiger partial charge >= 0.3 is 0 Å². The van der Waals surface area contributed by atoms with E-state index < -0.39 is 0 Å². The molecule has 0 fully saturated rings. The second-order valence-electron chi connectivity index (χ2n) is 0.730. The third-order valence-corrected chi connectivity index (χ3v) is 0.462. The largest absolute Gasteiger partial charge is 0.368 e. The van der Waals surface area contributed by atoms with Crippen LogP contribution < -0.4 is 11.6 Å². The fourth-order valence-electron chi connectivity index (χ4n) is 0. The summed E-state index contributed by atoms with van der Waals surface area (Å²) in [6.07, 6.45) is 0. The molecule has 0 aromatic rings. The highest BCUT2D eigenvalue weighted by Crippen LogP contribution is 1.73. The monoisotopic (exact) mass is 106 g/mol. The lowest BCUT2D eigenvalue weighted by molar-refractivity contribution is 0.726. The van der Waals surface area contributed by atoms with Gasteiger partial charge in [0.1, 0.15) is 0 Å². The van der Waals surface area contributed by atoms with Crippen LogP contribution in [0.3, 0.4) is 0 Å². The maximum absolute atomic E-state index is 6.45. The van der Waals surface area contributed by atoms with Crippen LogP contribution in [0.2, 0.25) is 0 Å². The number of rotatable bonds is 0. The highest BCUT2D eigenvalue weighted by atomic mass is 32.1. The van der Waals surface area contributed by atoms with E-state index in [2.05, 4.69) is 12.8 Å². The molecular formula is CH6N4S. The highest BCUT2D eigenvalue weighted by Gasteiger charge is 1.85. The van der Waals surface area contributed by atoms with Crippen LogP contribution in [-0.2, 0) is 0 Å². The van der Waals surface area contributed by atoms with Crippen molar-refractivity contribution in [3.05, 3.63) is 0 Å². The molecule has 6 heavy (non-hydrogen) atoms. The van der Waals surface area contributed by atoms with E-state index in [4.69, 9.17) is 17.0 Å². The number of hydrogen-bond acceptors (Lipinski definition) is 3. The van der Waals surface area contributed by atoms with Gasteiger partial charge in [0, 0.05) is 0 Å². The molecule has 0 spiro atoms. The molecule has 0 bridgehead atoms. The molecule has 0 aromatic heterocycles. The van der Waals surface area contributed by atoms with Crippen LogP contribution in [0.15, 0.2) is 0 Å². The first-order valence-electron chi connectivity index (χ1n) is 1.22. The Morgan fingerprint density at radius 2 is 2.00 bits per heavy atom. The van der Waals surface area contributed by atoms with Crippen molar-refractivity contribution in [3.63, 3.8) is 0 Å². The molecule has 0 radical (unpaired) electrons. The molecule has 0 aliphatic heterocycles. The molecule has 36 valence electrons. The number of hydrogen-bond donors (Lipinski definition) is 4.